The molecule has 258 valence electrons. The Labute approximate surface area is 322 Å². The van der Waals surface area contributed by atoms with Gasteiger partial charge in [0.1, 0.15) is 12.1 Å². The zero-order chi connectivity index (χ0) is 37.3. The van der Waals surface area contributed by atoms with Gasteiger partial charge in [0.05, 0.1) is 44.6 Å². The fraction of sp³-hybridized carbons (Fsp3) is 0. The van der Waals surface area contributed by atoms with Crippen molar-refractivity contribution >= 4 is 65.2 Å². The Bertz CT molecular complexity index is 3250. The Balaban J connectivity index is 1.32. The van der Waals surface area contributed by atoms with Crippen molar-refractivity contribution in [2.45, 2.75) is 0 Å². The minimum Gasteiger partial charge on any atom is -0.306 e. The molecule has 11 rings (SSSR count). The molecule has 0 atom stereocenters. The zero-order valence-electron chi connectivity index (χ0n) is 30.1. The van der Waals surface area contributed by atoms with Crippen molar-refractivity contribution < 1.29 is 0 Å². The number of benzene rings is 9. The molecule has 0 aliphatic rings. The van der Waals surface area contributed by atoms with Crippen LogP contribution in [0.15, 0.2) is 182 Å². The van der Waals surface area contributed by atoms with Gasteiger partial charge in [-0.2, -0.15) is 10.5 Å². The smallest absolute Gasteiger partial charge is 0.101 e. The van der Waals surface area contributed by atoms with E-state index in [1.54, 1.807) is 12.1 Å². The van der Waals surface area contributed by atoms with E-state index in [1.165, 1.54) is 0 Å². The van der Waals surface area contributed by atoms with Crippen molar-refractivity contribution in [3.05, 3.63) is 193 Å². The third-order valence-electron chi connectivity index (χ3n) is 11.4. The molecule has 0 saturated carbocycles. The third kappa shape index (κ3) is 4.57. The van der Waals surface area contributed by atoms with Gasteiger partial charge in [-0.15, -0.1) is 0 Å². The van der Waals surface area contributed by atoms with Crippen LogP contribution in [0.25, 0.3) is 98.8 Å². The van der Waals surface area contributed by atoms with Gasteiger partial charge in [0.25, 0.3) is 0 Å². The summed E-state index contributed by atoms with van der Waals surface area (Å²) in [5, 5.41) is 30.9. The number of rotatable bonds is 4. The van der Waals surface area contributed by atoms with Gasteiger partial charge < -0.3 is 9.13 Å². The van der Waals surface area contributed by atoms with Crippen molar-refractivity contribution in [1.29, 1.82) is 10.5 Å². The molecular weight excluding hydrogens is 681 g/mol. The number of aromatic nitrogens is 2. The maximum atomic E-state index is 11.0. The average Bonchev–Trinajstić information content (AvgIpc) is 3.78. The van der Waals surface area contributed by atoms with Crippen LogP contribution in [0.2, 0.25) is 0 Å². The van der Waals surface area contributed by atoms with E-state index >= 15 is 0 Å². The van der Waals surface area contributed by atoms with E-state index < -0.39 is 0 Å². The summed E-state index contributed by atoms with van der Waals surface area (Å²) in [4.78, 5) is 0. The van der Waals surface area contributed by atoms with E-state index in [9.17, 15) is 10.5 Å². The van der Waals surface area contributed by atoms with Crippen LogP contribution in [0.5, 0.6) is 0 Å². The molecule has 0 spiro atoms. The summed E-state index contributed by atoms with van der Waals surface area (Å²) in [7, 11) is 0. The molecule has 0 amide bonds. The van der Waals surface area contributed by atoms with Crippen molar-refractivity contribution in [2.24, 2.45) is 0 Å². The molecule has 11 aromatic rings. The Morgan fingerprint density at radius 3 is 1.14 bits per heavy atom. The summed E-state index contributed by atoms with van der Waals surface area (Å²) >= 11 is 0. The maximum absolute atomic E-state index is 11.0. The molecule has 0 radical (unpaired) electrons. The largest absolute Gasteiger partial charge is 0.306 e. The third-order valence-corrected chi connectivity index (χ3v) is 11.4. The van der Waals surface area contributed by atoms with Crippen LogP contribution in [0.1, 0.15) is 11.1 Å². The first-order chi connectivity index (χ1) is 27.7. The molecule has 0 N–H and O–H groups in total. The minimum atomic E-state index is 0.481. The zero-order valence-corrected chi connectivity index (χ0v) is 30.1. The van der Waals surface area contributed by atoms with E-state index in [2.05, 4.69) is 179 Å². The van der Waals surface area contributed by atoms with E-state index in [0.717, 1.165) is 87.4 Å². The molecule has 0 aliphatic carbocycles. The predicted molar refractivity (Wildman–Crippen MR) is 230 cm³/mol. The molecule has 0 saturated heterocycles. The second-order valence-corrected chi connectivity index (χ2v) is 14.3. The summed E-state index contributed by atoms with van der Waals surface area (Å²) in [6.07, 6.45) is 0. The Morgan fingerprint density at radius 2 is 0.714 bits per heavy atom. The summed E-state index contributed by atoms with van der Waals surface area (Å²) < 4.78 is 4.44. The topological polar surface area (TPSA) is 57.4 Å². The molecule has 2 heterocycles. The van der Waals surface area contributed by atoms with Gasteiger partial charge in [0.2, 0.25) is 0 Å². The molecule has 2 aromatic heterocycles. The lowest BCUT2D eigenvalue weighted by Gasteiger charge is -2.19. The first-order valence-electron chi connectivity index (χ1n) is 18.7. The second kappa shape index (κ2) is 12.3. The maximum Gasteiger partial charge on any atom is 0.101 e. The first-order valence-corrected chi connectivity index (χ1v) is 18.7. The number of nitrogens with zero attached hydrogens (tertiary/aromatic N) is 4. The van der Waals surface area contributed by atoms with Gasteiger partial charge in [0, 0.05) is 21.5 Å². The van der Waals surface area contributed by atoms with Crippen molar-refractivity contribution in [3.63, 3.8) is 0 Å². The number of hydrogen-bond acceptors (Lipinski definition) is 2. The monoisotopic (exact) mass is 710 g/mol. The molecule has 0 fully saturated rings. The van der Waals surface area contributed by atoms with Gasteiger partial charge in [0.15, 0.2) is 0 Å². The number of fused-ring (bicyclic) bond motifs is 10. The van der Waals surface area contributed by atoms with Crippen LogP contribution in [-0.2, 0) is 0 Å². The van der Waals surface area contributed by atoms with Crippen LogP contribution in [0.4, 0.5) is 0 Å². The lowest BCUT2D eigenvalue weighted by atomic mass is 10.0. The fourth-order valence-electron chi connectivity index (χ4n) is 8.90. The highest BCUT2D eigenvalue weighted by Gasteiger charge is 2.26. The van der Waals surface area contributed by atoms with Crippen LogP contribution < -0.4 is 0 Å². The van der Waals surface area contributed by atoms with Crippen molar-refractivity contribution in [3.8, 4) is 45.8 Å². The highest BCUT2D eigenvalue weighted by Crippen LogP contribution is 2.45. The Hall–Kier alpha value is -7.92. The predicted octanol–water partition coefficient (Wildman–Crippen LogP) is 13.3. The molecule has 9 aromatic carbocycles. The first kappa shape index (κ1) is 31.6. The van der Waals surface area contributed by atoms with E-state index in [-0.39, 0.29) is 0 Å². The minimum absolute atomic E-state index is 0.481. The highest BCUT2D eigenvalue weighted by molar-refractivity contribution is 6.24. The summed E-state index contributed by atoms with van der Waals surface area (Å²) in [6.45, 7) is 0. The van der Waals surface area contributed by atoms with Crippen LogP contribution in [-0.4, -0.2) is 9.13 Å². The molecule has 4 heteroatoms. The summed E-state index contributed by atoms with van der Waals surface area (Å²) in [5.41, 5.74) is 10.7. The molecular formula is C52H30N4. The quantitative estimate of drug-likeness (QED) is 0.183. The summed E-state index contributed by atoms with van der Waals surface area (Å²) in [6, 6.07) is 68.4. The number of nitriles is 2. The number of hydrogen-bond donors (Lipinski definition) is 0. The van der Waals surface area contributed by atoms with Crippen molar-refractivity contribution in [2.75, 3.05) is 0 Å². The second-order valence-electron chi connectivity index (χ2n) is 14.3. The molecule has 0 aliphatic heterocycles. The molecule has 0 unspecified atom stereocenters. The van der Waals surface area contributed by atoms with Crippen LogP contribution in [0.3, 0.4) is 0 Å². The van der Waals surface area contributed by atoms with Gasteiger partial charge in [-0.3, -0.25) is 0 Å². The SMILES string of the molecule is N#Cc1ccc(C#N)c(-n2c3ccc(-c4ccccc4)cc3c3c4ccccc4ccc32)c1-n1c2ccc(-c3ccccc3)cc2c2c3ccccc3ccc21. The van der Waals surface area contributed by atoms with Gasteiger partial charge in [-0.25, -0.2) is 0 Å². The average molecular weight is 711 g/mol. The van der Waals surface area contributed by atoms with Crippen LogP contribution >= 0.6 is 0 Å². The summed E-state index contributed by atoms with van der Waals surface area (Å²) in [5.74, 6) is 0. The normalized spacial score (nSPS) is 11.5. The van der Waals surface area contributed by atoms with Gasteiger partial charge in [-0.1, -0.05) is 133 Å². The van der Waals surface area contributed by atoms with Crippen LogP contribution in [0, 0.1) is 22.7 Å². The van der Waals surface area contributed by atoms with E-state index in [1.807, 2.05) is 12.1 Å². The lowest BCUT2D eigenvalue weighted by molar-refractivity contribution is 1.08. The lowest BCUT2D eigenvalue weighted by Crippen LogP contribution is -2.08. The fourth-order valence-corrected chi connectivity index (χ4v) is 8.90. The Morgan fingerprint density at radius 1 is 0.321 bits per heavy atom. The molecule has 4 nitrogen and oxygen atoms in total. The molecule has 0 bridgehead atoms. The van der Waals surface area contributed by atoms with Gasteiger partial charge >= 0.3 is 0 Å². The highest BCUT2D eigenvalue weighted by atomic mass is 15.1. The Kier molecular flexibility index (Phi) is 6.95. The van der Waals surface area contributed by atoms with Gasteiger partial charge in [-0.05, 0) is 92.3 Å². The van der Waals surface area contributed by atoms with E-state index in [4.69, 9.17) is 0 Å². The standard InChI is InChI=1S/C52H30N4/c53-31-39-19-20-40(32-54)52(56-46-26-24-38(34-13-5-2-6-14-34)30-44(46)50-42-18-10-8-16-36(42)22-28-48(50)56)51(39)55-45-25-23-37(33-11-3-1-4-12-33)29-43(45)49-41-17-9-7-15-35(41)21-27-47(49)55/h1-30H. The van der Waals surface area contributed by atoms with Crippen molar-refractivity contribution in [1.82, 2.24) is 9.13 Å². The van der Waals surface area contributed by atoms with E-state index in [0.29, 0.717) is 22.5 Å². The molecule has 56 heavy (non-hydrogen) atoms.